The van der Waals surface area contributed by atoms with Crippen LogP contribution in [0, 0.1) is 5.41 Å². The molecule has 0 radical (unpaired) electrons. The summed E-state index contributed by atoms with van der Waals surface area (Å²) in [6, 6.07) is 0. The van der Waals surface area contributed by atoms with E-state index in [0.717, 1.165) is 38.8 Å². The summed E-state index contributed by atoms with van der Waals surface area (Å²) in [4.78, 5) is 20.5. The summed E-state index contributed by atoms with van der Waals surface area (Å²) in [5.74, 6) is 0.628. The lowest BCUT2D eigenvalue weighted by molar-refractivity contribution is -0.127. The van der Waals surface area contributed by atoms with Gasteiger partial charge in [-0.3, -0.25) is 9.78 Å². The van der Waals surface area contributed by atoms with Crippen LogP contribution in [0.15, 0.2) is 18.6 Å². The first-order chi connectivity index (χ1) is 8.77. The number of hydrogen-bond donors (Lipinski definition) is 2. The highest BCUT2D eigenvalue weighted by Gasteiger charge is 2.38. The first-order valence-corrected chi connectivity index (χ1v) is 6.55. The maximum atomic E-state index is 12.5. The zero-order chi connectivity index (χ0) is 12.8. The zero-order valence-electron chi connectivity index (χ0n) is 10.8. The standard InChI is InChI=1S/C13H20N4O/c1-2-3-13(4-6-14-7-5-13)12(18)17-11-10-15-8-9-16-11/h8-10,14H,2-7H2,1H3,(H,16,17,18). The lowest BCUT2D eigenvalue weighted by atomic mass is 9.74. The van der Waals surface area contributed by atoms with E-state index in [9.17, 15) is 4.79 Å². The van der Waals surface area contributed by atoms with Gasteiger partial charge in [-0.1, -0.05) is 13.3 Å². The predicted octanol–water partition coefficient (Wildman–Crippen LogP) is 1.58. The molecule has 1 amide bonds. The second kappa shape index (κ2) is 5.91. The van der Waals surface area contributed by atoms with Crippen molar-refractivity contribution in [1.82, 2.24) is 15.3 Å². The fourth-order valence-corrected chi connectivity index (χ4v) is 2.59. The van der Waals surface area contributed by atoms with Crippen LogP contribution in [-0.2, 0) is 4.79 Å². The Hall–Kier alpha value is -1.49. The fraction of sp³-hybridized carbons (Fsp3) is 0.615. The molecule has 0 aromatic carbocycles. The van der Waals surface area contributed by atoms with Crippen LogP contribution in [0.3, 0.4) is 0 Å². The van der Waals surface area contributed by atoms with Gasteiger partial charge in [0.05, 0.1) is 11.6 Å². The van der Waals surface area contributed by atoms with E-state index in [1.54, 1.807) is 18.6 Å². The Morgan fingerprint density at radius 1 is 1.44 bits per heavy atom. The quantitative estimate of drug-likeness (QED) is 0.849. The van der Waals surface area contributed by atoms with Gasteiger partial charge in [0.15, 0.2) is 5.82 Å². The fourth-order valence-electron chi connectivity index (χ4n) is 2.59. The van der Waals surface area contributed by atoms with Crippen LogP contribution in [0.4, 0.5) is 5.82 Å². The number of anilines is 1. The van der Waals surface area contributed by atoms with Gasteiger partial charge in [0.25, 0.3) is 0 Å². The van der Waals surface area contributed by atoms with Crippen LogP contribution >= 0.6 is 0 Å². The van der Waals surface area contributed by atoms with E-state index < -0.39 is 0 Å². The summed E-state index contributed by atoms with van der Waals surface area (Å²) in [5, 5.41) is 6.21. The second-order valence-corrected chi connectivity index (χ2v) is 4.83. The number of nitrogens with one attached hydrogen (secondary N) is 2. The van der Waals surface area contributed by atoms with E-state index >= 15 is 0 Å². The summed E-state index contributed by atoms with van der Waals surface area (Å²) < 4.78 is 0. The molecule has 1 aromatic heterocycles. The monoisotopic (exact) mass is 248 g/mol. The Morgan fingerprint density at radius 3 is 2.83 bits per heavy atom. The number of carbonyl (C=O) groups excluding carboxylic acids is 1. The molecule has 0 saturated carbocycles. The van der Waals surface area contributed by atoms with E-state index in [1.807, 2.05) is 0 Å². The maximum Gasteiger partial charge on any atom is 0.231 e. The van der Waals surface area contributed by atoms with Crippen molar-refractivity contribution in [2.45, 2.75) is 32.6 Å². The van der Waals surface area contributed by atoms with Crippen LogP contribution in [0.25, 0.3) is 0 Å². The van der Waals surface area contributed by atoms with Gasteiger partial charge in [0.1, 0.15) is 0 Å². The summed E-state index contributed by atoms with van der Waals surface area (Å²) in [6.45, 7) is 3.95. The molecule has 1 fully saturated rings. The van der Waals surface area contributed by atoms with Crippen LogP contribution in [-0.4, -0.2) is 29.0 Å². The Morgan fingerprint density at radius 2 is 2.22 bits per heavy atom. The minimum atomic E-state index is -0.239. The molecule has 2 heterocycles. The van der Waals surface area contributed by atoms with Gasteiger partial charge >= 0.3 is 0 Å². The van der Waals surface area contributed by atoms with Crippen LogP contribution < -0.4 is 10.6 Å². The molecular formula is C13H20N4O. The molecule has 98 valence electrons. The molecule has 2 rings (SSSR count). The molecular weight excluding hydrogens is 228 g/mol. The van der Waals surface area contributed by atoms with Crippen molar-refractivity contribution in [3.8, 4) is 0 Å². The number of piperidine rings is 1. The molecule has 5 nitrogen and oxygen atoms in total. The molecule has 1 aromatic rings. The zero-order valence-corrected chi connectivity index (χ0v) is 10.8. The minimum Gasteiger partial charge on any atom is -0.317 e. The second-order valence-electron chi connectivity index (χ2n) is 4.83. The molecule has 2 N–H and O–H groups in total. The summed E-state index contributed by atoms with van der Waals surface area (Å²) >= 11 is 0. The first kappa shape index (κ1) is 13.0. The van der Waals surface area contributed by atoms with Gasteiger partial charge in [-0.2, -0.15) is 0 Å². The Kier molecular flexibility index (Phi) is 4.25. The number of carbonyl (C=O) groups is 1. The highest BCUT2D eigenvalue weighted by atomic mass is 16.2. The number of nitrogens with zero attached hydrogens (tertiary/aromatic N) is 2. The molecule has 1 aliphatic rings. The average molecular weight is 248 g/mol. The van der Waals surface area contributed by atoms with Crippen LogP contribution in [0.1, 0.15) is 32.6 Å². The van der Waals surface area contributed by atoms with Gasteiger partial charge in [-0.25, -0.2) is 4.98 Å². The third-order valence-corrected chi connectivity index (χ3v) is 3.58. The van der Waals surface area contributed by atoms with Crippen molar-refractivity contribution in [2.24, 2.45) is 5.41 Å². The molecule has 0 spiro atoms. The topological polar surface area (TPSA) is 66.9 Å². The summed E-state index contributed by atoms with van der Waals surface area (Å²) in [6.07, 6.45) is 8.51. The van der Waals surface area contributed by atoms with Crippen molar-refractivity contribution >= 4 is 11.7 Å². The molecule has 1 aliphatic heterocycles. The van der Waals surface area contributed by atoms with Crippen molar-refractivity contribution in [3.05, 3.63) is 18.6 Å². The van der Waals surface area contributed by atoms with Crippen molar-refractivity contribution in [3.63, 3.8) is 0 Å². The van der Waals surface area contributed by atoms with Gasteiger partial charge < -0.3 is 10.6 Å². The third kappa shape index (κ3) is 2.85. The van der Waals surface area contributed by atoms with Gasteiger partial charge in [0.2, 0.25) is 5.91 Å². The Balaban J connectivity index is 2.08. The molecule has 1 saturated heterocycles. The normalized spacial score (nSPS) is 18.3. The van der Waals surface area contributed by atoms with Crippen molar-refractivity contribution in [2.75, 3.05) is 18.4 Å². The highest BCUT2D eigenvalue weighted by molar-refractivity contribution is 5.94. The van der Waals surface area contributed by atoms with E-state index in [2.05, 4.69) is 27.5 Å². The van der Waals surface area contributed by atoms with Crippen LogP contribution in [0.2, 0.25) is 0 Å². The third-order valence-electron chi connectivity index (χ3n) is 3.58. The maximum absolute atomic E-state index is 12.5. The molecule has 18 heavy (non-hydrogen) atoms. The molecule has 5 heteroatoms. The first-order valence-electron chi connectivity index (χ1n) is 6.55. The summed E-state index contributed by atoms with van der Waals surface area (Å²) in [5.41, 5.74) is -0.239. The van der Waals surface area contributed by atoms with E-state index in [1.165, 1.54) is 0 Å². The minimum absolute atomic E-state index is 0.0892. The molecule has 0 aliphatic carbocycles. The van der Waals surface area contributed by atoms with Crippen molar-refractivity contribution in [1.29, 1.82) is 0 Å². The van der Waals surface area contributed by atoms with E-state index in [0.29, 0.717) is 5.82 Å². The molecule has 0 unspecified atom stereocenters. The Bertz CT molecular complexity index is 382. The predicted molar refractivity (Wildman–Crippen MR) is 70.1 cm³/mol. The SMILES string of the molecule is CCCC1(C(=O)Nc2cnccn2)CCNCC1. The lowest BCUT2D eigenvalue weighted by Crippen LogP contribution is -2.45. The van der Waals surface area contributed by atoms with Gasteiger partial charge in [0, 0.05) is 12.4 Å². The average Bonchev–Trinajstić information content (AvgIpc) is 2.41. The molecule has 0 bridgehead atoms. The highest BCUT2D eigenvalue weighted by Crippen LogP contribution is 2.35. The van der Waals surface area contributed by atoms with Crippen LogP contribution in [0.5, 0.6) is 0 Å². The van der Waals surface area contributed by atoms with Crippen molar-refractivity contribution < 1.29 is 4.79 Å². The van der Waals surface area contributed by atoms with Gasteiger partial charge in [-0.05, 0) is 32.4 Å². The summed E-state index contributed by atoms with van der Waals surface area (Å²) in [7, 11) is 0. The largest absolute Gasteiger partial charge is 0.317 e. The number of rotatable bonds is 4. The molecule has 0 atom stereocenters. The smallest absolute Gasteiger partial charge is 0.231 e. The lowest BCUT2D eigenvalue weighted by Gasteiger charge is -2.35. The Labute approximate surface area is 107 Å². The van der Waals surface area contributed by atoms with E-state index in [-0.39, 0.29) is 11.3 Å². The number of amides is 1. The van der Waals surface area contributed by atoms with Gasteiger partial charge in [-0.15, -0.1) is 0 Å². The number of hydrogen-bond acceptors (Lipinski definition) is 4. The van der Waals surface area contributed by atoms with E-state index in [4.69, 9.17) is 0 Å². The number of aromatic nitrogens is 2.